The molecule has 1 aromatic carbocycles. The minimum absolute atomic E-state index is 0.0550. The van der Waals surface area contributed by atoms with Crippen molar-refractivity contribution < 1.29 is 21.9 Å². The summed E-state index contributed by atoms with van der Waals surface area (Å²) >= 11 is 10.6. The smallest absolute Gasteiger partial charge is 0.355 e. The van der Waals surface area contributed by atoms with Gasteiger partial charge in [-0.3, -0.25) is 0 Å². The lowest BCUT2D eigenvalue weighted by atomic mass is 9.80. The van der Waals surface area contributed by atoms with Crippen molar-refractivity contribution in [2.24, 2.45) is 11.8 Å². The predicted octanol–water partition coefficient (Wildman–Crippen LogP) is 5.91. The second-order valence-corrected chi connectivity index (χ2v) is 12.5. The topological polar surface area (TPSA) is 87.4 Å². The van der Waals surface area contributed by atoms with Gasteiger partial charge in [0.15, 0.2) is 22.4 Å². The van der Waals surface area contributed by atoms with Gasteiger partial charge in [0.2, 0.25) is 0 Å². The number of hydrogen-bond donors (Lipinski definition) is 1. The van der Waals surface area contributed by atoms with Crippen molar-refractivity contribution in [1.29, 1.82) is 0 Å². The Hall–Kier alpha value is -1.99. The van der Waals surface area contributed by atoms with Crippen LogP contribution in [0.5, 0.6) is 0 Å². The Labute approximate surface area is 243 Å². The number of anilines is 1. The number of nitrogens with zero attached hydrogens (tertiary/aromatic N) is 6. The number of aromatic nitrogens is 4. The molecule has 0 aliphatic carbocycles. The average molecular weight is 620 g/mol. The molecular formula is C26H31Cl2F3N6O2S. The first kappa shape index (κ1) is 29.5. The first-order chi connectivity index (χ1) is 19.0. The number of unbranched alkanes of at least 4 members (excludes halogenated alkanes) is 1. The molecule has 0 radical (unpaired) electrons. The van der Waals surface area contributed by atoms with Crippen LogP contribution in [0.3, 0.4) is 0 Å². The summed E-state index contributed by atoms with van der Waals surface area (Å²) in [4.78, 5) is 13.3. The molecule has 2 aliphatic heterocycles. The molecule has 40 heavy (non-hydrogen) atoms. The van der Waals surface area contributed by atoms with Crippen LogP contribution < -0.4 is 4.90 Å². The van der Waals surface area contributed by atoms with Gasteiger partial charge in [-0.25, -0.2) is 18.9 Å². The van der Waals surface area contributed by atoms with Crippen LogP contribution in [0.25, 0.3) is 11.2 Å². The van der Waals surface area contributed by atoms with Gasteiger partial charge in [-0.05, 0) is 75.2 Å². The monoisotopic (exact) mass is 618 g/mol. The molecule has 0 saturated carbocycles. The molecule has 218 valence electrons. The van der Waals surface area contributed by atoms with Gasteiger partial charge < -0.3 is 14.4 Å². The number of rotatable bonds is 9. The van der Waals surface area contributed by atoms with Crippen LogP contribution in [0.2, 0.25) is 10.0 Å². The Morgan fingerprint density at radius 3 is 2.65 bits per heavy atom. The Balaban J connectivity index is 1.31. The van der Waals surface area contributed by atoms with Gasteiger partial charge in [-0.1, -0.05) is 29.3 Å². The van der Waals surface area contributed by atoms with Crippen LogP contribution in [-0.2, 0) is 17.3 Å². The first-order valence-corrected chi connectivity index (χ1v) is 15.4. The summed E-state index contributed by atoms with van der Waals surface area (Å²) in [5.41, 5.74) is -0.739. The van der Waals surface area contributed by atoms with Gasteiger partial charge in [0.1, 0.15) is 11.3 Å². The van der Waals surface area contributed by atoms with E-state index in [0.29, 0.717) is 39.0 Å². The molecule has 5 rings (SSSR count). The van der Waals surface area contributed by atoms with Crippen molar-refractivity contribution in [3.05, 3.63) is 45.7 Å². The summed E-state index contributed by atoms with van der Waals surface area (Å²) in [5, 5.41) is 4.66. The van der Waals surface area contributed by atoms with E-state index >= 15 is 0 Å². The SMILES string of the molecule is C[C@H](c1ccc(Cl)cc1Cl)n1nc(C(F)(F)F)c2ncc(N3CC([C@H]4CCCN(CCCCS(=O)O)C4)C3)nc21. The van der Waals surface area contributed by atoms with Crippen molar-refractivity contribution in [3.63, 3.8) is 0 Å². The quantitative estimate of drug-likeness (QED) is 0.235. The largest absolute Gasteiger partial charge is 0.437 e. The molecule has 0 amide bonds. The van der Waals surface area contributed by atoms with E-state index in [1.807, 2.05) is 0 Å². The summed E-state index contributed by atoms with van der Waals surface area (Å²) in [6.45, 7) is 6.20. The summed E-state index contributed by atoms with van der Waals surface area (Å²) in [5.74, 6) is 1.84. The van der Waals surface area contributed by atoms with Gasteiger partial charge >= 0.3 is 6.18 Å². The summed E-state index contributed by atoms with van der Waals surface area (Å²) in [6.07, 6.45) is 0.604. The Bertz CT molecular complexity index is 1380. The van der Waals surface area contributed by atoms with E-state index in [9.17, 15) is 17.4 Å². The van der Waals surface area contributed by atoms with E-state index in [1.165, 1.54) is 10.9 Å². The standard InChI is InChI=1S/C26H31Cl2F3N6O2S/c1-16(20-7-6-19(27)11-21(20)28)37-25-23(24(34-37)26(29,30)31)32-12-22(33-25)36-14-18(15-36)17-5-4-9-35(13-17)8-2-3-10-40(38)39/h6-7,11-12,16-18H,2-5,8-10,13-15H2,1H3,(H,38,39)/t16-,17+/m1/s1. The van der Waals surface area contributed by atoms with E-state index in [2.05, 4.69) is 24.9 Å². The zero-order chi connectivity index (χ0) is 28.6. The van der Waals surface area contributed by atoms with E-state index in [-0.39, 0.29) is 11.2 Å². The zero-order valence-corrected chi connectivity index (χ0v) is 24.3. The minimum atomic E-state index is -4.69. The number of hydrogen-bond acceptors (Lipinski definition) is 6. The van der Waals surface area contributed by atoms with Gasteiger partial charge in [0.05, 0.1) is 12.2 Å². The first-order valence-electron chi connectivity index (χ1n) is 13.3. The van der Waals surface area contributed by atoms with Crippen LogP contribution in [0, 0.1) is 11.8 Å². The molecule has 2 saturated heterocycles. The second kappa shape index (κ2) is 12.1. The third-order valence-electron chi connectivity index (χ3n) is 7.92. The van der Waals surface area contributed by atoms with E-state index in [1.54, 1.807) is 25.1 Å². The Kier molecular flexibility index (Phi) is 8.91. The van der Waals surface area contributed by atoms with Crippen molar-refractivity contribution in [1.82, 2.24) is 24.6 Å². The maximum Gasteiger partial charge on any atom is 0.437 e. The Morgan fingerprint density at radius 2 is 1.95 bits per heavy atom. The highest BCUT2D eigenvalue weighted by molar-refractivity contribution is 7.79. The van der Waals surface area contributed by atoms with Crippen LogP contribution in [0.15, 0.2) is 24.4 Å². The molecular weight excluding hydrogens is 588 g/mol. The highest BCUT2D eigenvalue weighted by Crippen LogP contribution is 2.38. The van der Waals surface area contributed by atoms with Gasteiger partial charge in [-0.15, -0.1) is 0 Å². The van der Waals surface area contributed by atoms with Crippen LogP contribution in [0.4, 0.5) is 19.0 Å². The second-order valence-electron chi connectivity index (χ2n) is 10.6. The number of piperidine rings is 1. The zero-order valence-electron chi connectivity index (χ0n) is 21.9. The predicted molar refractivity (Wildman–Crippen MR) is 150 cm³/mol. The number of fused-ring (bicyclic) bond motifs is 1. The molecule has 1 N–H and O–H groups in total. The maximum absolute atomic E-state index is 13.9. The van der Waals surface area contributed by atoms with E-state index < -0.39 is 29.0 Å². The van der Waals surface area contributed by atoms with E-state index in [0.717, 1.165) is 58.4 Å². The number of likely N-dealkylation sites (tertiary alicyclic amines) is 1. The Morgan fingerprint density at radius 1 is 1.18 bits per heavy atom. The highest BCUT2D eigenvalue weighted by Gasteiger charge is 2.40. The minimum Gasteiger partial charge on any atom is -0.355 e. The highest BCUT2D eigenvalue weighted by atomic mass is 35.5. The summed E-state index contributed by atoms with van der Waals surface area (Å²) < 4.78 is 62.6. The fourth-order valence-corrected chi connectivity index (χ4v) is 6.74. The third-order valence-corrected chi connectivity index (χ3v) is 9.12. The molecule has 14 heteroatoms. The normalized spacial score (nSPS) is 20.6. The lowest BCUT2D eigenvalue weighted by molar-refractivity contribution is -0.140. The van der Waals surface area contributed by atoms with Crippen LogP contribution in [-0.4, -0.2) is 71.9 Å². The molecule has 2 aromatic heterocycles. The maximum atomic E-state index is 13.9. The molecule has 0 bridgehead atoms. The van der Waals surface area contributed by atoms with Crippen molar-refractivity contribution in [3.8, 4) is 0 Å². The van der Waals surface area contributed by atoms with Crippen molar-refractivity contribution in [2.45, 2.75) is 44.8 Å². The lowest BCUT2D eigenvalue weighted by Crippen LogP contribution is -2.54. The summed E-state index contributed by atoms with van der Waals surface area (Å²) in [6, 6.07) is 4.22. The van der Waals surface area contributed by atoms with E-state index in [4.69, 9.17) is 27.8 Å². The molecule has 0 spiro atoms. The third kappa shape index (κ3) is 6.41. The van der Waals surface area contributed by atoms with Crippen molar-refractivity contribution >= 4 is 51.3 Å². The fourth-order valence-electron chi connectivity index (χ4n) is 5.72. The molecule has 1 unspecified atom stereocenters. The average Bonchev–Trinajstić information content (AvgIpc) is 3.25. The molecule has 8 nitrogen and oxygen atoms in total. The van der Waals surface area contributed by atoms with Gasteiger partial charge in [0, 0.05) is 35.4 Å². The van der Waals surface area contributed by atoms with Crippen LogP contribution >= 0.6 is 23.2 Å². The lowest BCUT2D eigenvalue weighted by Gasteiger charge is -2.47. The van der Waals surface area contributed by atoms with Gasteiger partial charge in [0.25, 0.3) is 0 Å². The van der Waals surface area contributed by atoms with Crippen molar-refractivity contribution in [2.75, 3.05) is 43.4 Å². The van der Waals surface area contributed by atoms with Gasteiger partial charge in [-0.2, -0.15) is 18.3 Å². The number of halogens is 5. The van der Waals surface area contributed by atoms with Crippen LogP contribution in [0.1, 0.15) is 49.9 Å². The number of benzene rings is 1. The fraction of sp³-hybridized carbons (Fsp3) is 0.577. The molecule has 3 atom stereocenters. The molecule has 3 aromatic rings. The summed E-state index contributed by atoms with van der Waals surface area (Å²) in [7, 11) is 0. The molecule has 2 aliphatic rings. The molecule has 4 heterocycles. The molecule has 2 fully saturated rings. The number of alkyl halides is 3.